The summed E-state index contributed by atoms with van der Waals surface area (Å²) in [5.74, 6) is -0.902. The first-order valence-corrected chi connectivity index (χ1v) is 5.91. The summed E-state index contributed by atoms with van der Waals surface area (Å²) in [5, 5.41) is 8.83. The van der Waals surface area contributed by atoms with E-state index >= 15 is 0 Å². The van der Waals surface area contributed by atoms with E-state index < -0.39 is 5.97 Å². The molecule has 1 aromatic heterocycles. The Hall–Kier alpha value is -2.27. The van der Waals surface area contributed by atoms with Gasteiger partial charge in [-0.2, -0.15) is 0 Å². The summed E-state index contributed by atoms with van der Waals surface area (Å²) in [4.78, 5) is 20.9. The lowest BCUT2D eigenvalue weighted by atomic mass is 10.1. The number of nitrogens with zero attached hydrogens (tertiary/aromatic N) is 3. The van der Waals surface area contributed by atoms with Crippen molar-refractivity contribution in [3.8, 4) is 0 Å². The van der Waals surface area contributed by atoms with E-state index in [1.54, 1.807) is 18.3 Å². The first-order chi connectivity index (χ1) is 9.15. The van der Waals surface area contributed by atoms with Crippen LogP contribution in [0.2, 0.25) is 0 Å². The minimum atomic E-state index is -0.902. The highest BCUT2D eigenvalue weighted by atomic mass is 16.4. The molecule has 0 fully saturated rings. The van der Waals surface area contributed by atoms with Gasteiger partial charge >= 0.3 is 5.97 Å². The average molecular weight is 257 g/mol. The fourth-order valence-corrected chi connectivity index (χ4v) is 1.81. The van der Waals surface area contributed by atoms with Crippen LogP contribution >= 0.6 is 0 Å². The van der Waals surface area contributed by atoms with E-state index in [9.17, 15) is 4.79 Å². The van der Waals surface area contributed by atoms with Gasteiger partial charge in [0.05, 0.1) is 11.3 Å². The Morgan fingerprint density at radius 2 is 1.95 bits per heavy atom. The molecular weight excluding hydrogens is 242 g/mol. The van der Waals surface area contributed by atoms with Crippen molar-refractivity contribution in [2.75, 3.05) is 7.05 Å². The molecule has 2 aromatic rings. The molecule has 98 valence electrons. The van der Waals surface area contributed by atoms with Crippen LogP contribution in [0.1, 0.15) is 21.6 Å². The Morgan fingerprint density at radius 1 is 1.21 bits per heavy atom. The van der Waals surface area contributed by atoms with E-state index in [0.717, 1.165) is 24.3 Å². The van der Waals surface area contributed by atoms with Gasteiger partial charge in [-0.05, 0) is 30.8 Å². The smallest absolute Gasteiger partial charge is 0.335 e. The first-order valence-electron chi connectivity index (χ1n) is 5.91. The van der Waals surface area contributed by atoms with Crippen LogP contribution in [0.4, 0.5) is 0 Å². The van der Waals surface area contributed by atoms with Crippen molar-refractivity contribution in [1.29, 1.82) is 0 Å². The molecule has 1 heterocycles. The van der Waals surface area contributed by atoms with Crippen LogP contribution < -0.4 is 0 Å². The SMILES string of the molecule is CN(Cc1ccc(C(=O)O)cc1)Cc1ccncn1. The second kappa shape index (κ2) is 6.06. The molecule has 0 atom stereocenters. The summed E-state index contributed by atoms with van der Waals surface area (Å²) in [5.41, 5.74) is 2.34. The van der Waals surface area contributed by atoms with E-state index in [1.807, 2.05) is 25.2 Å². The molecule has 0 unspecified atom stereocenters. The fourth-order valence-electron chi connectivity index (χ4n) is 1.81. The van der Waals surface area contributed by atoms with E-state index in [2.05, 4.69) is 14.9 Å². The van der Waals surface area contributed by atoms with Crippen molar-refractivity contribution in [3.63, 3.8) is 0 Å². The van der Waals surface area contributed by atoms with Crippen molar-refractivity contribution in [2.45, 2.75) is 13.1 Å². The standard InChI is InChI=1S/C14H15N3O2/c1-17(9-13-6-7-15-10-16-13)8-11-2-4-12(5-3-11)14(18)19/h2-7,10H,8-9H2,1H3,(H,18,19). The lowest BCUT2D eigenvalue weighted by molar-refractivity contribution is 0.0697. The van der Waals surface area contributed by atoms with Crippen LogP contribution in [-0.4, -0.2) is 33.0 Å². The van der Waals surface area contributed by atoms with E-state index in [4.69, 9.17) is 5.11 Å². The molecule has 0 saturated carbocycles. The summed E-state index contributed by atoms with van der Waals surface area (Å²) in [6.45, 7) is 1.47. The van der Waals surface area contributed by atoms with E-state index in [0.29, 0.717) is 5.56 Å². The molecule has 5 heteroatoms. The predicted molar refractivity (Wildman–Crippen MR) is 70.6 cm³/mol. The molecule has 0 bridgehead atoms. The topological polar surface area (TPSA) is 66.3 Å². The first kappa shape index (κ1) is 13.2. The maximum absolute atomic E-state index is 10.8. The van der Waals surface area contributed by atoms with Crippen molar-refractivity contribution < 1.29 is 9.90 Å². The molecule has 1 aromatic carbocycles. The zero-order valence-electron chi connectivity index (χ0n) is 10.7. The molecule has 2 rings (SSSR count). The highest BCUT2D eigenvalue weighted by Crippen LogP contribution is 2.08. The number of aromatic nitrogens is 2. The third-order valence-corrected chi connectivity index (χ3v) is 2.73. The van der Waals surface area contributed by atoms with Crippen LogP contribution in [0.15, 0.2) is 42.9 Å². The van der Waals surface area contributed by atoms with Crippen LogP contribution in [0.25, 0.3) is 0 Å². The fraction of sp³-hybridized carbons (Fsp3) is 0.214. The molecule has 19 heavy (non-hydrogen) atoms. The number of carbonyl (C=O) groups is 1. The molecule has 0 spiro atoms. The highest BCUT2D eigenvalue weighted by Gasteiger charge is 2.05. The average Bonchev–Trinajstić information content (AvgIpc) is 2.40. The lowest BCUT2D eigenvalue weighted by Crippen LogP contribution is -2.18. The highest BCUT2D eigenvalue weighted by molar-refractivity contribution is 5.87. The van der Waals surface area contributed by atoms with Gasteiger partial charge in [-0.15, -0.1) is 0 Å². The van der Waals surface area contributed by atoms with E-state index in [1.165, 1.54) is 6.33 Å². The van der Waals surface area contributed by atoms with Gasteiger partial charge in [-0.1, -0.05) is 12.1 Å². The van der Waals surface area contributed by atoms with Crippen LogP contribution in [0.5, 0.6) is 0 Å². The van der Waals surface area contributed by atoms with Gasteiger partial charge in [0, 0.05) is 19.3 Å². The third kappa shape index (κ3) is 3.86. The monoisotopic (exact) mass is 257 g/mol. The number of benzene rings is 1. The van der Waals surface area contributed by atoms with E-state index in [-0.39, 0.29) is 0 Å². The van der Waals surface area contributed by atoms with Gasteiger partial charge in [0.1, 0.15) is 6.33 Å². The van der Waals surface area contributed by atoms with Crippen LogP contribution in [0, 0.1) is 0 Å². The zero-order valence-corrected chi connectivity index (χ0v) is 10.7. The number of aromatic carboxylic acids is 1. The number of hydrogen-bond donors (Lipinski definition) is 1. The molecule has 5 nitrogen and oxygen atoms in total. The van der Waals surface area contributed by atoms with Crippen molar-refractivity contribution >= 4 is 5.97 Å². The lowest BCUT2D eigenvalue weighted by Gasteiger charge is -2.16. The van der Waals surface area contributed by atoms with Gasteiger partial charge in [-0.25, -0.2) is 14.8 Å². The Kier molecular flexibility index (Phi) is 4.20. The summed E-state index contributed by atoms with van der Waals surface area (Å²) < 4.78 is 0. The molecule has 0 aliphatic rings. The minimum absolute atomic E-state index is 0.308. The summed E-state index contributed by atoms with van der Waals surface area (Å²) in [6, 6.07) is 8.79. The molecule has 0 saturated heterocycles. The molecular formula is C14H15N3O2. The molecule has 0 aliphatic carbocycles. The summed E-state index contributed by atoms with van der Waals surface area (Å²) in [6.07, 6.45) is 3.25. The second-order valence-corrected chi connectivity index (χ2v) is 4.38. The molecule has 0 aliphatic heterocycles. The van der Waals surface area contributed by atoms with Crippen molar-refractivity contribution in [2.24, 2.45) is 0 Å². The number of hydrogen-bond acceptors (Lipinski definition) is 4. The minimum Gasteiger partial charge on any atom is -0.478 e. The van der Waals surface area contributed by atoms with Gasteiger partial charge < -0.3 is 5.11 Å². The number of rotatable bonds is 5. The van der Waals surface area contributed by atoms with Crippen LogP contribution in [0.3, 0.4) is 0 Å². The Labute approximate surface area is 111 Å². The number of carboxylic acids is 1. The largest absolute Gasteiger partial charge is 0.478 e. The maximum atomic E-state index is 10.8. The molecule has 1 N–H and O–H groups in total. The van der Waals surface area contributed by atoms with Crippen molar-refractivity contribution in [1.82, 2.24) is 14.9 Å². The summed E-state index contributed by atoms with van der Waals surface area (Å²) in [7, 11) is 1.99. The zero-order chi connectivity index (χ0) is 13.7. The normalized spacial score (nSPS) is 10.6. The molecule has 0 radical (unpaired) electrons. The van der Waals surface area contributed by atoms with Crippen molar-refractivity contribution in [3.05, 3.63) is 59.7 Å². The second-order valence-electron chi connectivity index (χ2n) is 4.38. The summed E-state index contributed by atoms with van der Waals surface area (Å²) >= 11 is 0. The van der Waals surface area contributed by atoms with Gasteiger partial charge in [0.15, 0.2) is 0 Å². The van der Waals surface area contributed by atoms with Gasteiger partial charge in [-0.3, -0.25) is 4.90 Å². The maximum Gasteiger partial charge on any atom is 0.335 e. The Morgan fingerprint density at radius 3 is 2.53 bits per heavy atom. The third-order valence-electron chi connectivity index (χ3n) is 2.73. The Bertz CT molecular complexity index is 540. The Balaban J connectivity index is 1.95. The van der Waals surface area contributed by atoms with Gasteiger partial charge in [0.25, 0.3) is 0 Å². The van der Waals surface area contributed by atoms with Gasteiger partial charge in [0.2, 0.25) is 0 Å². The quantitative estimate of drug-likeness (QED) is 0.884. The number of carboxylic acid groups (broad SMARTS) is 1. The van der Waals surface area contributed by atoms with Crippen LogP contribution in [-0.2, 0) is 13.1 Å². The predicted octanol–water partition coefficient (Wildman–Crippen LogP) is 1.81. The molecule has 0 amide bonds.